The molecule has 0 aliphatic carbocycles. The summed E-state index contributed by atoms with van der Waals surface area (Å²) in [5.74, 6) is 7.13. The van der Waals surface area contributed by atoms with Crippen molar-refractivity contribution in [1.82, 2.24) is 0 Å². The molecule has 25 heavy (non-hydrogen) atoms. The fourth-order valence-electron chi connectivity index (χ4n) is 3.10. The molecule has 1 aliphatic heterocycles. The number of hydrogen-bond acceptors (Lipinski definition) is 2. The molecule has 3 heteroatoms. The maximum absolute atomic E-state index is 12.2. The summed E-state index contributed by atoms with van der Waals surface area (Å²) in [7, 11) is -0.893. The largest absolute Gasteiger partial charge is 0.398 e. The Balaban J connectivity index is 1.96. The summed E-state index contributed by atoms with van der Waals surface area (Å²) in [6.45, 7) is 10.3. The van der Waals surface area contributed by atoms with Crippen LogP contribution in [0.2, 0.25) is 0 Å². The molecular formula is C22H23NOS. The van der Waals surface area contributed by atoms with Crippen molar-refractivity contribution in [2.75, 3.05) is 11.5 Å². The van der Waals surface area contributed by atoms with Crippen LogP contribution < -0.4 is 5.73 Å². The molecule has 2 nitrogen and oxygen atoms in total. The summed E-state index contributed by atoms with van der Waals surface area (Å²) in [5.41, 5.74) is 11.7. The summed E-state index contributed by atoms with van der Waals surface area (Å²) in [4.78, 5) is 0.955. The first-order valence-electron chi connectivity index (χ1n) is 8.38. The van der Waals surface area contributed by atoms with Crippen molar-refractivity contribution in [2.24, 2.45) is 0 Å². The third-order valence-corrected chi connectivity index (χ3v) is 6.15. The van der Waals surface area contributed by atoms with Crippen LogP contribution in [-0.2, 0) is 16.2 Å². The Kier molecular flexibility index (Phi) is 4.58. The highest BCUT2D eigenvalue weighted by atomic mass is 32.2. The van der Waals surface area contributed by atoms with Crippen molar-refractivity contribution in [3.63, 3.8) is 0 Å². The lowest BCUT2D eigenvalue weighted by atomic mass is 9.81. The Morgan fingerprint density at radius 3 is 2.44 bits per heavy atom. The summed E-state index contributed by atoms with van der Waals surface area (Å²) in [6.07, 6.45) is 0.933. The zero-order valence-electron chi connectivity index (χ0n) is 15.0. The predicted octanol–water partition coefficient (Wildman–Crippen LogP) is 4.49. The van der Waals surface area contributed by atoms with Crippen molar-refractivity contribution >= 4 is 22.1 Å². The van der Waals surface area contributed by atoms with E-state index in [0.29, 0.717) is 5.69 Å². The van der Waals surface area contributed by atoms with Crippen LogP contribution in [-0.4, -0.2) is 9.96 Å². The number of nitrogen functional groups attached to an aromatic ring is 1. The van der Waals surface area contributed by atoms with Gasteiger partial charge in [-0.25, -0.2) is 0 Å². The van der Waals surface area contributed by atoms with E-state index in [9.17, 15) is 4.21 Å². The van der Waals surface area contributed by atoms with Crippen molar-refractivity contribution in [1.29, 1.82) is 0 Å². The Hall–Kier alpha value is -2.31. The maximum Gasteiger partial charge on any atom is 0.0532 e. The number of hydrogen-bond donors (Lipinski definition) is 1. The molecule has 1 aliphatic rings. The molecule has 0 fully saturated rings. The van der Waals surface area contributed by atoms with E-state index in [1.54, 1.807) is 0 Å². The fraction of sp³-hybridized carbons (Fsp3) is 0.273. The molecule has 1 heterocycles. The average molecular weight is 349 g/mol. The zero-order valence-corrected chi connectivity index (χ0v) is 15.8. The molecule has 0 saturated heterocycles. The van der Waals surface area contributed by atoms with E-state index < -0.39 is 10.8 Å². The van der Waals surface area contributed by atoms with Crippen molar-refractivity contribution < 1.29 is 4.21 Å². The molecule has 0 amide bonds. The van der Waals surface area contributed by atoms with E-state index >= 15 is 0 Å². The van der Waals surface area contributed by atoms with Gasteiger partial charge in [0.15, 0.2) is 0 Å². The molecule has 1 atom stereocenters. The van der Waals surface area contributed by atoms with Gasteiger partial charge in [0.05, 0.1) is 10.8 Å². The van der Waals surface area contributed by atoms with E-state index in [2.05, 4.69) is 38.3 Å². The van der Waals surface area contributed by atoms with Gasteiger partial charge in [0.1, 0.15) is 0 Å². The van der Waals surface area contributed by atoms with Crippen LogP contribution in [0.4, 0.5) is 5.69 Å². The quantitative estimate of drug-likeness (QED) is 0.609. The highest BCUT2D eigenvalue weighted by Crippen LogP contribution is 2.37. The van der Waals surface area contributed by atoms with Gasteiger partial charge >= 0.3 is 0 Å². The van der Waals surface area contributed by atoms with Crippen LogP contribution >= 0.6 is 0 Å². The molecule has 0 radical (unpaired) electrons. The van der Waals surface area contributed by atoms with Gasteiger partial charge in [0, 0.05) is 27.5 Å². The van der Waals surface area contributed by atoms with Crippen molar-refractivity contribution in [3.8, 4) is 11.8 Å². The van der Waals surface area contributed by atoms with E-state index in [0.717, 1.165) is 44.9 Å². The van der Waals surface area contributed by atoms with Crippen molar-refractivity contribution in [2.45, 2.75) is 37.5 Å². The van der Waals surface area contributed by atoms with Gasteiger partial charge in [-0.15, -0.1) is 0 Å². The molecule has 0 aromatic heterocycles. The van der Waals surface area contributed by atoms with Gasteiger partial charge < -0.3 is 5.73 Å². The maximum atomic E-state index is 12.2. The first-order valence-corrected chi connectivity index (χ1v) is 9.70. The molecule has 3 rings (SSSR count). The second kappa shape index (κ2) is 6.54. The minimum Gasteiger partial charge on any atom is -0.398 e. The standard InChI is InChI=1S/C22H23NOS/c1-15(2)18-9-7-17(14-20(18)23)6-5-16-8-10-21-19(13-16)22(3,4)11-12-25(21)24/h7-10,13-14H,1,11-12,23H2,2-4H3. The Labute approximate surface area is 152 Å². The van der Waals surface area contributed by atoms with Crippen LogP contribution in [0.25, 0.3) is 5.57 Å². The molecule has 0 spiro atoms. The van der Waals surface area contributed by atoms with E-state index in [1.165, 1.54) is 0 Å². The molecular weight excluding hydrogens is 326 g/mol. The molecule has 0 bridgehead atoms. The van der Waals surface area contributed by atoms with E-state index in [-0.39, 0.29) is 5.41 Å². The first-order chi connectivity index (χ1) is 11.8. The van der Waals surface area contributed by atoms with Gasteiger partial charge in [0.25, 0.3) is 0 Å². The van der Waals surface area contributed by atoms with Crippen LogP contribution in [0.5, 0.6) is 0 Å². The predicted molar refractivity (Wildman–Crippen MR) is 107 cm³/mol. The van der Waals surface area contributed by atoms with Gasteiger partial charge in [-0.1, -0.05) is 38.3 Å². The minimum absolute atomic E-state index is 0.0362. The molecule has 1 unspecified atom stereocenters. The van der Waals surface area contributed by atoms with Gasteiger partial charge in [-0.05, 0) is 65.8 Å². The van der Waals surface area contributed by atoms with E-state index in [4.69, 9.17) is 5.73 Å². The number of nitrogens with two attached hydrogens (primary N) is 1. The van der Waals surface area contributed by atoms with Crippen LogP contribution in [0.1, 0.15) is 49.4 Å². The highest BCUT2D eigenvalue weighted by Gasteiger charge is 2.31. The average Bonchev–Trinajstić information content (AvgIpc) is 2.56. The number of anilines is 1. The number of fused-ring (bicyclic) bond motifs is 1. The summed E-state index contributed by atoms with van der Waals surface area (Å²) in [5, 5.41) is 0. The zero-order chi connectivity index (χ0) is 18.2. The number of rotatable bonds is 1. The molecule has 0 saturated carbocycles. The minimum atomic E-state index is -0.893. The van der Waals surface area contributed by atoms with Gasteiger partial charge in [0.2, 0.25) is 0 Å². The third kappa shape index (κ3) is 3.55. The van der Waals surface area contributed by atoms with Gasteiger partial charge in [-0.2, -0.15) is 0 Å². The molecule has 128 valence electrons. The molecule has 2 N–H and O–H groups in total. The second-order valence-electron chi connectivity index (χ2n) is 7.23. The lowest BCUT2D eigenvalue weighted by molar-refractivity contribution is 0.486. The Morgan fingerprint density at radius 1 is 1.16 bits per heavy atom. The first kappa shape index (κ1) is 17.5. The fourth-order valence-corrected chi connectivity index (χ4v) is 4.82. The Morgan fingerprint density at radius 2 is 1.80 bits per heavy atom. The topological polar surface area (TPSA) is 43.1 Å². The lowest BCUT2D eigenvalue weighted by Crippen LogP contribution is -2.27. The van der Waals surface area contributed by atoms with E-state index in [1.807, 2.05) is 37.3 Å². The number of allylic oxidation sites excluding steroid dienone is 1. The third-order valence-electron chi connectivity index (χ3n) is 4.73. The summed E-state index contributed by atoms with van der Waals surface area (Å²) >= 11 is 0. The highest BCUT2D eigenvalue weighted by molar-refractivity contribution is 7.85. The SMILES string of the molecule is C=C(C)c1ccc(C#Cc2ccc3c(c2)C(C)(C)CCS3=O)cc1N. The monoisotopic (exact) mass is 349 g/mol. The lowest BCUT2D eigenvalue weighted by Gasteiger charge is -2.31. The van der Waals surface area contributed by atoms with Crippen LogP contribution in [0, 0.1) is 11.8 Å². The van der Waals surface area contributed by atoms with Gasteiger partial charge in [-0.3, -0.25) is 4.21 Å². The summed E-state index contributed by atoms with van der Waals surface area (Å²) < 4.78 is 12.2. The second-order valence-corrected chi connectivity index (χ2v) is 8.77. The van der Waals surface area contributed by atoms with Crippen LogP contribution in [0.15, 0.2) is 47.9 Å². The number of benzene rings is 2. The smallest absolute Gasteiger partial charge is 0.0532 e. The Bertz CT molecular complexity index is 944. The summed E-state index contributed by atoms with van der Waals surface area (Å²) in [6, 6.07) is 11.8. The molecule has 2 aromatic rings. The normalized spacial score (nSPS) is 18.0. The molecule has 2 aromatic carbocycles. The van der Waals surface area contributed by atoms with Crippen LogP contribution in [0.3, 0.4) is 0 Å². The van der Waals surface area contributed by atoms with Crippen molar-refractivity contribution in [3.05, 3.63) is 65.2 Å².